The van der Waals surface area contributed by atoms with Crippen molar-refractivity contribution < 1.29 is 22.0 Å². The van der Waals surface area contributed by atoms with E-state index in [2.05, 4.69) is 21.2 Å². The van der Waals surface area contributed by atoms with Crippen LogP contribution in [-0.2, 0) is 12.7 Å². The maximum absolute atomic E-state index is 13.5. The predicted molar refractivity (Wildman–Crippen MR) is 72.8 cm³/mol. The lowest BCUT2D eigenvalue weighted by Crippen LogP contribution is -2.10. The Balaban J connectivity index is 2.19. The SMILES string of the molecule is Fc1ccc(Br)cc1NCc1ccc(F)c(C(F)(F)F)c1. The fraction of sp³-hybridized carbons (Fsp3) is 0.143. The molecule has 21 heavy (non-hydrogen) atoms. The van der Waals surface area contributed by atoms with Crippen molar-refractivity contribution in [1.29, 1.82) is 0 Å². The lowest BCUT2D eigenvalue weighted by molar-refractivity contribution is -0.140. The van der Waals surface area contributed by atoms with E-state index >= 15 is 0 Å². The number of nitrogens with one attached hydrogen (secondary N) is 1. The molecular weight excluding hydrogens is 357 g/mol. The molecule has 0 fully saturated rings. The highest BCUT2D eigenvalue weighted by molar-refractivity contribution is 9.10. The zero-order valence-corrected chi connectivity index (χ0v) is 12.0. The molecule has 0 aliphatic carbocycles. The summed E-state index contributed by atoms with van der Waals surface area (Å²) in [7, 11) is 0. The van der Waals surface area contributed by atoms with Crippen molar-refractivity contribution >= 4 is 21.6 Å². The van der Waals surface area contributed by atoms with Crippen LogP contribution in [0, 0.1) is 11.6 Å². The summed E-state index contributed by atoms with van der Waals surface area (Å²) >= 11 is 3.16. The molecule has 0 saturated carbocycles. The maximum Gasteiger partial charge on any atom is 0.419 e. The quantitative estimate of drug-likeness (QED) is 0.722. The molecule has 0 unspecified atom stereocenters. The number of benzene rings is 2. The average Bonchev–Trinajstić information content (AvgIpc) is 2.40. The summed E-state index contributed by atoms with van der Waals surface area (Å²) in [5.41, 5.74) is -0.998. The number of halogens is 6. The van der Waals surface area contributed by atoms with Gasteiger partial charge in [0, 0.05) is 11.0 Å². The largest absolute Gasteiger partial charge is 0.419 e. The fourth-order valence-corrected chi connectivity index (χ4v) is 2.09. The fourth-order valence-electron chi connectivity index (χ4n) is 1.73. The highest BCUT2D eigenvalue weighted by Gasteiger charge is 2.34. The third-order valence-corrected chi connectivity index (χ3v) is 3.24. The van der Waals surface area contributed by atoms with Crippen molar-refractivity contribution in [2.45, 2.75) is 12.7 Å². The lowest BCUT2D eigenvalue weighted by atomic mass is 10.1. The normalized spacial score (nSPS) is 11.5. The van der Waals surface area contributed by atoms with E-state index in [1.807, 2.05) is 0 Å². The van der Waals surface area contributed by atoms with Gasteiger partial charge in [-0.1, -0.05) is 22.0 Å². The lowest BCUT2D eigenvalue weighted by Gasteiger charge is -2.12. The van der Waals surface area contributed by atoms with Gasteiger partial charge in [0.25, 0.3) is 0 Å². The first-order valence-corrected chi connectivity index (χ1v) is 6.61. The van der Waals surface area contributed by atoms with Crippen LogP contribution in [0.25, 0.3) is 0 Å². The molecular formula is C14H9BrF5N. The van der Waals surface area contributed by atoms with Crippen molar-refractivity contribution in [3.63, 3.8) is 0 Å². The van der Waals surface area contributed by atoms with Crippen LogP contribution in [-0.4, -0.2) is 0 Å². The van der Waals surface area contributed by atoms with Gasteiger partial charge in [0.1, 0.15) is 11.6 Å². The molecule has 1 nitrogen and oxygen atoms in total. The van der Waals surface area contributed by atoms with Crippen LogP contribution in [0.15, 0.2) is 40.9 Å². The average molecular weight is 366 g/mol. The van der Waals surface area contributed by atoms with Gasteiger partial charge in [-0.05, 0) is 35.9 Å². The van der Waals surface area contributed by atoms with Crippen LogP contribution in [0.2, 0.25) is 0 Å². The molecule has 0 atom stereocenters. The van der Waals surface area contributed by atoms with Crippen LogP contribution in [0.4, 0.5) is 27.6 Å². The van der Waals surface area contributed by atoms with E-state index in [1.54, 1.807) is 0 Å². The molecule has 0 spiro atoms. The first-order valence-electron chi connectivity index (χ1n) is 5.82. The number of anilines is 1. The molecule has 0 radical (unpaired) electrons. The topological polar surface area (TPSA) is 12.0 Å². The van der Waals surface area contributed by atoms with Gasteiger partial charge in [0.05, 0.1) is 11.3 Å². The number of alkyl halides is 3. The summed E-state index contributed by atoms with van der Waals surface area (Å²) in [6, 6.07) is 6.85. The Morgan fingerprint density at radius 2 is 1.62 bits per heavy atom. The minimum absolute atomic E-state index is 0.0588. The summed E-state index contributed by atoms with van der Waals surface area (Å²) in [6.45, 7) is -0.0588. The van der Waals surface area contributed by atoms with Gasteiger partial charge in [-0.2, -0.15) is 13.2 Å². The third kappa shape index (κ3) is 3.93. The van der Waals surface area contributed by atoms with Gasteiger partial charge in [-0.3, -0.25) is 0 Å². The van der Waals surface area contributed by atoms with E-state index in [-0.39, 0.29) is 17.8 Å². The van der Waals surface area contributed by atoms with Gasteiger partial charge in [-0.25, -0.2) is 8.78 Å². The zero-order chi connectivity index (χ0) is 15.6. The second kappa shape index (κ2) is 6.01. The molecule has 0 aromatic heterocycles. The molecule has 0 aliphatic rings. The Bertz CT molecular complexity index is 654. The van der Waals surface area contributed by atoms with Gasteiger partial charge >= 0.3 is 6.18 Å². The minimum atomic E-state index is -4.76. The molecule has 0 aliphatic heterocycles. The second-order valence-electron chi connectivity index (χ2n) is 4.29. The Kier molecular flexibility index (Phi) is 4.51. The monoisotopic (exact) mass is 365 g/mol. The summed E-state index contributed by atoms with van der Waals surface area (Å²) in [4.78, 5) is 0. The Labute approximate surface area is 125 Å². The third-order valence-electron chi connectivity index (χ3n) is 2.75. The second-order valence-corrected chi connectivity index (χ2v) is 5.21. The van der Waals surface area contributed by atoms with Crippen LogP contribution in [0.1, 0.15) is 11.1 Å². The van der Waals surface area contributed by atoms with Crippen molar-refractivity contribution in [3.8, 4) is 0 Å². The molecule has 1 N–H and O–H groups in total. The standard InChI is InChI=1S/C14H9BrF5N/c15-9-2-4-12(17)13(6-9)21-7-8-1-3-11(16)10(5-8)14(18,19)20/h1-6,21H,7H2. The Hall–Kier alpha value is -1.63. The first kappa shape index (κ1) is 15.8. The number of rotatable bonds is 3. The van der Waals surface area contributed by atoms with Crippen LogP contribution < -0.4 is 5.32 Å². The van der Waals surface area contributed by atoms with E-state index in [1.165, 1.54) is 24.3 Å². The van der Waals surface area contributed by atoms with Gasteiger partial charge in [-0.15, -0.1) is 0 Å². The highest BCUT2D eigenvalue weighted by atomic mass is 79.9. The molecule has 0 amide bonds. The van der Waals surface area contributed by atoms with Crippen LogP contribution in [0.3, 0.4) is 0 Å². The molecule has 7 heteroatoms. The Morgan fingerprint density at radius 1 is 0.952 bits per heavy atom. The van der Waals surface area contributed by atoms with Crippen LogP contribution in [0.5, 0.6) is 0 Å². The molecule has 0 bridgehead atoms. The van der Waals surface area contributed by atoms with Crippen molar-refractivity contribution in [1.82, 2.24) is 0 Å². The van der Waals surface area contributed by atoms with Gasteiger partial charge < -0.3 is 5.32 Å². The first-order chi connectivity index (χ1) is 9.77. The predicted octanol–water partition coefficient (Wildman–Crippen LogP) is 5.36. The summed E-state index contributed by atoms with van der Waals surface area (Å²) in [5, 5.41) is 2.67. The van der Waals surface area contributed by atoms with Crippen molar-refractivity contribution in [3.05, 3.63) is 63.6 Å². The van der Waals surface area contributed by atoms with Crippen molar-refractivity contribution in [2.75, 3.05) is 5.32 Å². The molecule has 2 rings (SSSR count). The highest BCUT2D eigenvalue weighted by Crippen LogP contribution is 2.32. The van der Waals surface area contributed by atoms with Crippen LogP contribution >= 0.6 is 15.9 Å². The Morgan fingerprint density at radius 3 is 2.29 bits per heavy atom. The van der Waals surface area contributed by atoms with Crippen molar-refractivity contribution in [2.24, 2.45) is 0 Å². The molecule has 0 heterocycles. The summed E-state index contributed by atoms with van der Waals surface area (Å²) in [5.74, 6) is -1.86. The molecule has 112 valence electrons. The van der Waals surface area contributed by atoms with Gasteiger partial charge in [0.15, 0.2) is 0 Å². The molecule has 0 saturated heterocycles. The van der Waals surface area contributed by atoms with Gasteiger partial charge in [0.2, 0.25) is 0 Å². The van der Waals surface area contributed by atoms with E-state index in [4.69, 9.17) is 0 Å². The van der Waals surface area contributed by atoms with E-state index in [0.29, 0.717) is 10.5 Å². The van der Waals surface area contributed by atoms with E-state index < -0.39 is 23.4 Å². The molecule has 2 aromatic carbocycles. The minimum Gasteiger partial charge on any atom is -0.379 e. The summed E-state index contributed by atoms with van der Waals surface area (Å²) < 4.78 is 65.0. The smallest absolute Gasteiger partial charge is 0.379 e. The maximum atomic E-state index is 13.5. The summed E-state index contributed by atoms with van der Waals surface area (Å²) in [6.07, 6.45) is -4.76. The van der Waals surface area contributed by atoms with E-state index in [9.17, 15) is 22.0 Å². The molecule has 2 aromatic rings. The number of hydrogen-bond acceptors (Lipinski definition) is 1. The van der Waals surface area contributed by atoms with E-state index in [0.717, 1.165) is 6.07 Å². The number of hydrogen-bond donors (Lipinski definition) is 1. The zero-order valence-electron chi connectivity index (χ0n) is 10.4.